The number of aromatic amines is 1. The van der Waals surface area contributed by atoms with E-state index in [0.717, 1.165) is 68.3 Å². The molecule has 2 aliphatic rings. The van der Waals surface area contributed by atoms with Gasteiger partial charge in [0.15, 0.2) is 0 Å². The number of nitrogens with zero attached hydrogens (tertiary/aromatic N) is 1. The Morgan fingerprint density at radius 2 is 2.16 bits per heavy atom. The van der Waals surface area contributed by atoms with Crippen LogP contribution in [-0.4, -0.2) is 47.6 Å². The van der Waals surface area contributed by atoms with Crippen molar-refractivity contribution in [1.82, 2.24) is 15.3 Å². The van der Waals surface area contributed by atoms with Crippen LogP contribution in [0.4, 0.5) is 5.69 Å². The summed E-state index contributed by atoms with van der Waals surface area (Å²) in [7, 11) is 0. The average molecular weight is 360 g/mol. The topological polar surface area (TPSA) is 79.0 Å². The van der Waals surface area contributed by atoms with Crippen LogP contribution in [0.25, 0.3) is 10.9 Å². The Morgan fingerprint density at radius 3 is 2.96 bits per heavy atom. The average Bonchev–Trinajstić information content (AvgIpc) is 3.14. The molecule has 7 heteroatoms. The van der Waals surface area contributed by atoms with E-state index in [2.05, 4.69) is 15.6 Å². The molecule has 0 bridgehead atoms. The minimum atomic E-state index is -0.0540. The van der Waals surface area contributed by atoms with E-state index >= 15 is 0 Å². The van der Waals surface area contributed by atoms with E-state index in [1.165, 1.54) is 0 Å². The maximum absolute atomic E-state index is 12.4. The molecule has 0 radical (unpaired) electrons. The van der Waals surface area contributed by atoms with Gasteiger partial charge in [-0.3, -0.25) is 4.79 Å². The first-order valence-electron chi connectivity index (χ1n) is 8.97. The third-order valence-corrected chi connectivity index (χ3v) is 6.19. The van der Waals surface area contributed by atoms with Gasteiger partial charge in [0.1, 0.15) is 5.82 Å². The van der Waals surface area contributed by atoms with E-state index in [4.69, 9.17) is 9.72 Å². The van der Waals surface area contributed by atoms with Crippen molar-refractivity contribution in [3.8, 4) is 0 Å². The zero-order valence-corrected chi connectivity index (χ0v) is 15.0. The van der Waals surface area contributed by atoms with Crippen LogP contribution >= 0.6 is 11.8 Å². The quantitative estimate of drug-likeness (QED) is 0.758. The van der Waals surface area contributed by atoms with Crippen molar-refractivity contribution in [1.29, 1.82) is 0 Å². The fourth-order valence-electron chi connectivity index (χ4n) is 3.40. The highest BCUT2D eigenvalue weighted by molar-refractivity contribution is 7.99. The number of hydrogen-bond donors (Lipinski definition) is 3. The van der Waals surface area contributed by atoms with E-state index in [1.54, 1.807) is 0 Å². The molecule has 0 aliphatic carbocycles. The molecule has 1 aromatic heterocycles. The van der Waals surface area contributed by atoms with Gasteiger partial charge in [0, 0.05) is 36.7 Å². The van der Waals surface area contributed by atoms with Crippen molar-refractivity contribution in [2.45, 2.75) is 36.3 Å². The van der Waals surface area contributed by atoms with E-state index in [1.807, 2.05) is 30.0 Å². The fraction of sp³-hybridized carbons (Fsp3) is 0.556. The number of ether oxygens (including phenoxy) is 1. The van der Waals surface area contributed by atoms with Crippen LogP contribution in [0.1, 0.15) is 25.1 Å². The highest BCUT2D eigenvalue weighted by Crippen LogP contribution is 2.25. The number of benzene rings is 1. The van der Waals surface area contributed by atoms with Gasteiger partial charge in [-0.15, -0.1) is 0 Å². The van der Waals surface area contributed by atoms with E-state index < -0.39 is 0 Å². The molecule has 0 amide bonds. The van der Waals surface area contributed by atoms with E-state index in [0.29, 0.717) is 16.7 Å². The molecule has 1 aromatic carbocycles. The smallest absolute Gasteiger partial charge is 0.258 e. The van der Waals surface area contributed by atoms with Crippen LogP contribution in [-0.2, 0) is 10.5 Å². The molecule has 2 aromatic rings. The van der Waals surface area contributed by atoms with Gasteiger partial charge in [0.05, 0.1) is 16.7 Å². The molecule has 0 spiro atoms. The molecule has 2 aliphatic heterocycles. The number of anilines is 1. The molecule has 4 rings (SSSR count). The van der Waals surface area contributed by atoms with Crippen molar-refractivity contribution < 1.29 is 4.74 Å². The molecule has 2 fully saturated rings. The van der Waals surface area contributed by atoms with Gasteiger partial charge in [-0.1, -0.05) is 0 Å². The largest absolute Gasteiger partial charge is 0.381 e. The van der Waals surface area contributed by atoms with Gasteiger partial charge >= 0.3 is 0 Å². The van der Waals surface area contributed by atoms with Crippen LogP contribution < -0.4 is 16.2 Å². The lowest BCUT2D eigenvalue weighted by Gasteiger charge is -2.21. The summed E-state index contributed by atoms with van der Waals surface area (Å²) in [5.74, 6) is 1.49. The molecule has 0 saturated carbocycles. The minimum absolute atomic E-state index is 0.0540. The van der Waals surface area contributed by atoms with Gasteiger partial charge in [-0.05, 0) is 44.0 Å². The molecule has 3 N–H and O–H groups in total. The molecule has 1 atom stereocenters. The number of aromatic nitrogens is 2. The van der Waals surface area contributed by atoms with Gasteiger partial charge in [-0.2, -0.15) is 11.8 Å². The summed E-state index contributed by atoms with van der Waals surface area (Å²) in [5, 5.41) is 8.12. The van der Waals surface area contributed by atoms with Crippen LogP contribution in [0.2, 0.25) is 0 Å². The Kier molecular flexibility index (Phi) is 5.24. The maximum atomic E-state index is 12.4. The number of rotatable bonds is 5. The number of hydrogen-bond acceptors (Lipinski definition) is 6. The number of nitrogens with one attached hydrogen (secondary N) is 3. The summed E-state index contributed by atoms with van der Waals surface area (Å²) in [6.07, 6.45) is 3.27. The summed E-state index contributed by atoms with van der Waals surface area (Å²) < 4.78 is 5.40. The Balaban J connectivity index is 1.50. The first-order valence-corrected chi connectivity index (χ1v) is 10.0. The van der Waals surface area contributed by atoms with Crippen LogP contribution in [0.15, 0.2) is 23.0 Å². The molecule has 2 saturated heterocycles. The highest BCUT2D eigenvalue weighted by Gasteiger charge is 2.16. The fourth-order valence-corrected chi connectivity index (χ4v) is 4.46. The molecular weight excluding hydrogens is 336 g/mol. The molecule has 134 valence electrons. The second-order valence-electron chi connectivity index (χ2n) is 6.70. The maximum Gasteiger partial charge on any atom is 0.258 e. The van der Waals surface area contributed by atoms with Crippen molar-refractivity contribution >= 4 is 28.4 Å². The normalized spacial score (nSPS) is 21.7. The first kappa shape index (κ1) is 16.9. The Labute approximate surface area is 151 Å². The Hall–Kier alpha value is -1.57. The van der Waals surface area contributed by atoms with Crippen molar-refractivity contribution in [2.24, 2.45) is 0 Å². The van der Waals surface area contributed by atoms with Crippen LogP contribution in [0.5, 0.6) is 0 Å². The highest BCUT2D eigenvalue weighted by atomic mass is 32.2. The molecule has 25 heavy (non-hydrogen) atoms. The van der Waals surface area contributed by atoms with Gasteiger partial charge in [0.25, 0.3) is 5.56 Å². The molecule has 3 heterocycles. The predicted octanol–water partition coefficient (Wildman–Crippen LogP) is 2.11. The molecule has 1 unspecified atom stereocenters. The standard InChI is InChI=1S/C18H24N4O2S/c23-18-15-2-1-12(20-13-3-6-19-10-13)9-16(15)21-17(22-18)11-25-14-4-7-24-8-5-14/h1-2,9,13-14,19-20H,3-8,10-11H2,(H,21,22,23). The predicted molar refractivity (Wildman–Crippen MR) is 102 cm³/mol. The second kappa shape index (κ2) is 7.76. The van der Waals surface area contributed by atoms with Crippen molar-refractivity contribution in [3.05, 3.63) is 34.4 Å². The van der Waals surface area contributed by atoms with Gasteiger partial charge < -0.3 is 20.4 Å². The van der Waals surface area contributed by atoms with Crippen LogP contribution in [0, 0.1) is 0 Å². The zero-order chi connectivity index (χ0) is 17.1. The summed E-state index contributed by atoms with van der Waals surface area (Å²) in [6, 6.07) is 6.27. The second-order valence-corrected chi connectivity index (χ2v) is 7.99. The molecule has 6 nitrogen and oxygen atoms in total. The third kappa shape index (κ3) is 4.16. The summed E-state index contributed by atoms with van der Waals surface area (Å²) in [4.78, 5) is 20.0. The lowest BCUT2D eigenvalue weighted by atomic mass is 10.2. The monoisotopic (exact) mass is 360 g/mol. The van der Waals surface area contributed by atoms with E-state index in [-0.39, 0.29) is 5.56 Å². The minimum Gasteiger partial charge on any atom is -0.381 e. The first-order chi connectivity index (χ1) is 12.3. The number of thioether (sulfide) groups is 1. The third-order valence-electron chi connectivity index (χ3n) is 4.81. The number of fused-ring (bicyclic) bond motifs is 1. The Morgan fingerprint density at radius 1 is 1.28 bits per heavy atom. The summed E-state index contributed by atoms with van der Waals surface area (Å²) in [6.45, 7) is 3.71. The van der Waals surface area contributed by atoms with Gasteiger partial charge in [0.2, 0.25) is 0 Å². The molecular formula is C18H24N4O2S. The Bertz CT molecular complexity index is 782. The SMILES string of the molecule is O=c1[nH]c(CSC2CCOCC2)nc2cc(NC3CCNC3)ccc12. The summed E-state index contributed by atoms with van der Waals surface area (Å²) in [5.41, 5.74) is 1.74. The zero-order valence-electron chi connectivity index (χ0n) is 14.2. The van der Waals surface area contributed by atoms with Crippen molar-refractivity contribution in [2.75, 3.05) is 31.6 Å². The van der Waals surface area contributed by atoms with Crippen molar-refractivity contribution in [3.63, 3.8) is 0 Å². The van der Waals surface area contributed by atoms with Gasteiger partial charge in [-0.25, -0.2) is 4.98 Å². The van der Waals surface area contributed by atoms with E-state index in [9.17, 15) is 4.79 Å². The van der Waals surface area contributed by atoms with Crippen LogP contribution in [0.3, 0.4) is 0 Å². The lowest BCUT2D eigenvalue weighted by molar-refractivity contribution is 0.1000. The number of H-pyrrole nitrogens is 1. The lowest BCUT2D eigenvalue weighted by Crippen LogP contribution is -2.22. The summed E-state index contributed by atoms with van der Waals surface area (Å²) >= 11 is 1.86.